The molecule has 1 aromatic heterocycles. The van der Waals surface area contributed by atoms with Crippen molar-refractivity contribution in [3.8, 4) is 0 Å². The quantitative estimate of drug-likeness (QED) is 0.514. The van der Waals surface area contributed by atoms with Crippen molar-refractivity contribution in [2.75, 3.05) is 31.1 Å². The van der Waals surface area contributed by atoms with Crippen LogP contribution in [0.5, 0.6) is 0 Å². The maximum Gasteiger partial charge on any atom is 0.253 e. The minimum atomic E-state index is -0.182. The van der Waals surface area contributed by atoms with E-state index in [0.29, 0.717) is 16.1 Å². The van der Waals surface area contributed by atoms with Gasteiger partial charge in [0.1, 0.15) is 5.82 Å². The lowest BCUT2D eigenvalue weighted by Crippen LogP contribution is -2.42. The molecule has 1 atom stereocenters. The second kappa shape index (κ2) is 9.82. The Balaban J connectivity index is 1.12. The van der Waals surface area contributed by atoms with Crippen LogP contribution in [-0.4, -0.2) is 47.9 Å². The predicted octanol–water partition coefficient (Wildman–Crippen LogP) is 5.29. The summed E-state index contributed by atoms with van der Waals surface area (Å²) in [4.78, 5) is 35.3. The van der Waals surface area contributed by atoms with Gasteiger partial charge in [0.05, 0.1) is 16.6 Å². The van der Waals surface area contributed by atoms with Gasteiger partial charge in [-0.25, -0.2) is 4.98 Å². The molecular weight excluding hydrogens is 484 g/mol. The van der Waals surface area contributed by atoms with Crippen LogP contribution in [0.15, 0.2) is 66.9 Å². The molecule has 0 radical (unpaired) electrons. The number of nitrogens with zero attached hydrogens (tertiary/aromatic N) is 3. The third-order valence-electron chi connectivity index (χ3n) is 8.42. The summed E-state index contributed by atoms with van der Waals surface area (Å²) >= 11 is 6.23. The van der Waals surface area contributed by atoms with Gasteiger partial charge in [0.25, 0.3) is 11.8 Å². The largest absolute Gasteiger partial charge is 0.357 e. The summed E-state index contributed by atoms with van der Waals surface area (Å²) in [5.74, 6) is 0.950. The number of piperidine rings is 1. The molecule has 6 nitrogen and oxygen atoms in total. The van der Waals surface area contributed by atoms with Gasteiger partial charge in [-0.3, -0.25) is 9.59 Å². The minimum absolute atomic E-state index is 0.0925. The van der Waals surface area contributed by atoms with E-state index in [0.717, 1.165) is 69.7 Å². The minimum Gasteiger partial charge on any atom is -0.357 e. The van der Waals surface area contributed by atoms with Gasteiger partial charge >= 0.3 is 0 Å². The molecule has 3 heterocycles. The van der Waals surface area contributed by atoms with Gasteiger partial charge in [-0.15, -0.1) is 0 Å². The molecular formula is C30H31ClN4O2. The highest BCUT2D eigenvalue weighted by Crippen LogP contribution is 2.42. The van der Waals surface area contributed by atoms with Gasteiger partial charge in [0.15, 0.2) is 0 Å². The molecule has 7 heteroatoms. The van der Waals surface area contributed by atoms with Crippen LogP contribution in [0.1, 0.15) is 63.6 Å². The standard InChI is InChI=1S/C30H31ClN4O2/c31-25-6-2-1-5-23(25)28(36)33-26-11-10-21-8-9-22(19-24(21)26)29(37)35-18-14-30(20-35)12-16-34(17-13-30)27-7-3-4-15-32-27/h1-9,15,19,26H,10-14,16-18,20H2,(H,33,36). The molecule has 1 N–H and O–H groups in total. The first-order valence-electron chi connectivity index (χ1n) is 13.1. The maximum absolute atomic E-state index is 13.6. The average Bonchev–Trinajstić information content (AvgIpc) is 3.53. The van der Waals surface area contributed by atoms with Crippen molar-refractivity contribution >= 4 is 29.2 Å². The molecule has 1 spiro atoms. The normalized spacial score (nSPS) is 20.2. The number of carbonyl (C=O) groups excluding carboxylic acids is 2. The van der Waals surface area contributed by atoms with Crippen LogP contribution < -0.4 is 10.2 Å². The summed E-state index contributed by atoms with van der Waals surface area (Å²) in [6, 6.07) is 19.0. The van der Waals surface area contributed by atoms with Gasteiger partial charge in [-0.1, -0.05) is 35.9 Å². The van der Waals surface area contributed by atoms with Gasteiger partial charge in [-0.2, -0.15) is 0 Å². The monoisotopic (exact) mass is 514 g/mol. The first kappa shape index (κ1) is 24.0. The molecule has 1 aliphatic carbocycles. The molecule has 0 bridgehead atoms. The molecule has 190 valence electrons. The molecule has 2 aromatic carbocycles. The average molecular weight is 515 g/mol. The molecule has 1 unspecified atom stereocenters. The van der Waals surface area contributed by atoms with E-state index in [-0.39, 0.29) is 23.3 Å². The Labute approximate surface area is 222 Å². The molecule has 3 aromatic rings. The summed E-state index contributed by atoms with van der Waals surface area (Å²) in [5, 5.41) is 3.57. The van der Waals surface area contributed by atoms with Gasteiger partial charge in [0, 0.05) is 37.9 Å². The number of nitrogens with one attached hydrogen (secondary N) is 1. The van der Waals surface area contributed by atoms with Crippen LogP contribution in [0.3, 0.4) is 0 Å². The zero-order valence-corrected chi connectivity index (χ0v) is 21.6. The van der Waals surface area contributed by atoms with Crippen LogP contribution in [0, 0.1) is 5.41 Å². The van der Waals surface area contributed by atoms with Crippen molar-refractivity contribution in [1.82, 2.24) is 15.2 Å². The summed E-state index contributed by atoms with van der Waals surface area (Å²) in [5.41, 5.74) is 3.62. The Morgan fingerprint density at radius 3 is 2.54 bits per heavy atom. The highest BCUT2D eigenvalue weighted by Gasteiger charge is 2.42. The number of fused-ring (bicyclic) bond motifs is 1. The lowest BCUT2D eigenvalue weighted by atomic mass is 9.78. The van der Waals surface area contributed by atoms with Gasteiger partial charge in [-0.05, 0) is 85.0 Å². The Bertz CT molecular complexity index is 1320. The summed E-state index contributed by atoms with van der Waals surface area (Å²) < 4.78 is 0. The van der Waals surface area contributed by atoms with E-state index < -0.39 is 0 Å². The highest BCUT2D eigenvalue weighted by molar-refractivity contribution is 6.33. The fraction of sp³-hybridized carbons (Fsp3) is 0.367. The number of aromatic nitrogens is 1. The third kappa shape index (κ3) is 4.71. The molecule has 2 fully saturated rings. The lowest BCUT2D eigenvalue weighted by Gasteiger charge is -2.39. The molecule has 2 amide bonds. The van der Waals surface area contributed by atoms with E-state index in [2.05, 4.69) is 27.3 Å². The molecule has 2 aliphatic heterocycles. The number of anilines is 1. The number of amides is 2. The van der Waals surface area contributed by atoms with Crippen LogP contribution in [0.2, 0.25) is 5.02 Å². The summed E-state index contributed by atoms with van der Waals surface area (Å²) in [7, 11) is 0. The van der Waals surface area contributed by atoms with Crippen molar-refractivity contribution in [2.24, 2.45) is 5.41 Å². The molecule has 6 rings (SSSR count). The Hall–Kier alpha value is -3.38. The Morgan fingerprint density at radius 1 is 0.973 bits per heavy atom. The van der Waals surface area contributed by atoms with Crippen molar-refractivity contribution in [3.05, 3.63) is 94.1 Å². The first-order valence-corrected chi connectivity index (χ1v) is 13.5. The zero-order chi connectivity index (χ0) is 25.4. The highest BCUT2D eigenvalue weighted by atomic mass is 35.5. The van der Waals surface area contributed by atoms with Crippen LogP contribution in [0.25, 0.3) is 0 Å². The van der Waals surface area contributed by atoms with Crippen molar-refractivity contribution < 1.29 is 9.59 Å². The van der Waals surface area contributed by atoms with Crippen molar-refractivity contribution in [3.63, 3.8) is 0 Å². The molecule has 0 saturated carbocycles. The lowest BCUT2D eigenvalue weighted by molar-refractivity contribution is 0.0764. The maximum atomic E-state index is 13.6. The van der Waals surface area contributed by atoms with Crippen molar-refractivity contribution in [2.45, 2.75) is 38.1 Å². The smallest absolute Gasteiger partial charge is 0.253 e. The van der Waals surface area contributed by atoms with E-state index in [4.69, 9.17) is 11.6 Å². The van der Waals surface area contributed by atoms with E-state index in [1.54, 1.807) is 12.1 Å². The SMILES string of the molecule is O=C(NC1CCc2ccc(C(=O)N3CCC4(CCN(c5ccccn5)CC4)C3)cc21)c1ccccc1Cl. The number of likely N-dealkylation sites (tertiary alicyclic amines) is 1. The number of hydrogen-bond donors (Lipinski definition) is 1. The topological polar surface area (TPSA) is 65.5 Å². The number of benzene rings is 2. The summed E-state index contributed by atoms with van der Waals surface area (Å²) in [6.07, 6.45) is 6.76. The van der Waals surface area contributed by atoms with Crippen LogP contribution in [0.4, 0.5) is 5.82 Å². The second-order valence-electron chi connectivity index (χ2n) is 10.6. The Morgan fingerprint density at radius 2 is 1.76 bits per heavy atom. The Kier molecular flexibility index (Phi) is 6.37. The van der Waals surface area contributed by atoms with E-state index in [1.165, 1.54) is 5.56 Å². The predicted molar refractivity (Wildman–Crippen MR) is 145 cm³/mol. The molecule has 2 saturated heterocycles. The molecule has 37 heavy (non-hydrogen) atoms. The zero-order valence-electron chi connectivity index (χ0n) is 20.8. The second-order valence-corrected chi connectivity index (χ2v) is 11.0. The van der Waals surface area contributed by atoms with Crippen LogP contribution >= 0.6 is 11.6 Å². The van der Waals surface area contributed by atoms with E-state index >= 15 is 0 Å². The van der Waals surface area contributed by atoms with Gasteiger partial charge < -0.3 is 15.1 Å². The number of rotatable bonds is 4. The fourth-order valence-electron chi connectivity index (χ4n) is 6.22. The first-order chi connectivity index (χ1) is 18.0. The van der Waals surface area contributed by atoms with Gasteiger partial charge in [0.2, 0.25) is 0 Å². The number of halogens is 1. The third-order valence-corrected chi connectivity index (χ3v) is 8.75. The van der Waals surface area contributed by atoms with E-state index in [9.17, 15) is 9.59 Å². The summed E-state index contributed by atoms with van der Waals surface area (Å²) in [6.45, 7) is 3.56. The van der Waals surface area contributed by atoms with Crippen LogP contribution in [-0.2, 0) is 6.42 Å². The van der Waals surface area contributed by atoms with E-state index in [1.807, 2.05) is 47.5 Å². The molecule has 3 aliphatic rings. The number of aryl methyl sites for hydroxylation is 1. The fourth-order valence-corrected chi connectivity index (χ4v) is 6.44. The number of hydrogen-bond acceptors (Lipinski definition) is 4. The van der Waals surface area contributed by atoms with Crippen molar-refractivity contribution in [1.29, 1.82) is 0 Å². The number of pyridine rings is 1. The number of carbonyl (C=O) groups is 2.